The first kappa shape index (κ1) is 12.7. The molecule has 3 rings (SSSR count). The van der Waals surface area contributed by atoms with Gasteiger partial charge in [0, 0.05) is 17.3 Å². The van der Waals surface area contributed by atoms with Crippen LogP contribution < -0.4 is 15.0 Å². The Balaban J connectivity index is 2.22. The highest BCUT2D eigenvalue weighted by Crippen LogP contribution is 2.36. The molecule has 1 aliphatic rings. The van der Waals surface area contributed by atoms with E-state index in [1.807, 2.05) is 20.8 Å². The lowest BCUT2D eigenvalue weighted by atomic mass is 10.0. The minimum Gasteiger partial charge on any atom is -0.488 e. The van der Waals surface area contributed by atoms with Gasteiger partial charge in [-0.15, -0.1) is 0 Å². The van der Waals surface area contributed by atoms with Crippen LogP contribution in [0.2, 0.25) is 0 Å². The third kappa shape index (κ3) is 1.95. The molecule has 2 aromatic rings. The van der Waals surface area contributed by atoms with Crippen molar-refractivity contribution in [1.29, 1.82) is 0 Å². The molecule has 1 N–H and O–H groups in total. The van der Waals surface area contributed by atoms with Gasteiger partial charge in [0.05, 0.1) is 17.9 Å². The zero-order valence-corrected chi connectivity index (χ0v) is 11.7. The maximum atomic E-state index is 11.8. The van der Waals surface area contributed by atoms with E-state index in [-0.39, 0.29) is 5.56 Å². The first-order valence-electron chi connectivity index (χ1n) is 6.60. The van der Waals surface area contributed by atoms with Crippen LogP contribution in [-0.2, 0) is 6.61 Å². The highest BCUT2D eigenvalue weighted by Gasteiger charge is 2.22. The van der Waals surface area contributed by atoms with Gasteiger partial charge in [-0.3, -0.25) is 14.8 Å². The predicted molar refractivity (Wildman–Crippen MR) is 75.3 cm³/mol. The largest absolute Gasteiger partial charge is 0.488 e. The van der Waals surface area contributed by atoms with E-state index in [0.717, 1.165) is 28.1 Å². The zero-order chi connectivity index (χ0) is 14.3. The van der Waals surface area contributed by atoms with Gasteiger partial charge >= 0.3 is 0 Å². The number of hydrogen-bond donors (Lipinski definition) is 1. The smallest absolute Gasteiger partial charge is 0.293 e. The van der Waals surface area contributed by atoms with Crippen LogP contribution in [0.5, 0.6) is 11.6 Å². The van der Waals surface area contributed by atoms with Crippen molar-refractivity contribution < 1.29 is 9.47 Å². The molecule has 5 nitrogen and oxygen atoms in total. The molecule has 104 valence electrons. The summed E-state index contributed by atoms with van der Waals surface area (Å²) in [5, 5.41) is 0. The quantitative estimate of drug-likeness (QED) is 0.911. The van der Waals surface area contributed by atoms with Crippen LogP contribution in [0.1, 0.15) is 23.7 Å². The molecule has 1 aliphatic heterocycles. The Hall–Kier alpha value is -2.30. The molecule has 0 saturated carbocycles. The first-order chi connectivity index (χ1) is 9.60. The van der Waals surface area contributed by atoms with Crippen LogP contribution in [-0.4, -0.2) is 16.6 Å². The maximum absolute atomic E-state index is 11.8. The van der Waals surface area contributed by atoms with Crippen LogP contribution >= 0.6 is 0 Å². The lowest BCUT2D eigenvalue weighted by molar-refractivity contribution is 0.284. The molecule has 0 bridgehead atoms. The molecule has 0 atom stereocenters. The summed E-state index contributed by atoms with van der Waals surface area (Å²) < 4.78 is 11.0. The van der Waals surface area contributed by atoms with Crippen molar-refractivity contribution in [2.24, 2.45) is 0 Å². The van der Waals surface area contributed by atoms with Crippen LogP contribution in [0.25, 0.3) is 11.3 Å². The number of aryl methyl sites for hydroxylation is 2. The van der Waals surface area contributed by atoms with Crippen LogP contribution in [0.4, 0.5) is 0 Å². The second-order valence-electron chi connectivity index (χ2n) is 4.83. The van der Waals surface area contributed by atoms with Crippen LogP contribution in [0.3, 0.4) is 0 Å². The number of pyridine rings is 2. The van der Waals surface area contributed by atoms with Gasteiger partial charge in [0.1, 0.15) is 6.61 Å². The van der Waals surface area contributed by atoms with Gasteiger partial charge in [0.25, 0.3) is 5.56 Å². The monoisotopic (exact) mass is 272 g/mol. The molecular formula is C15H16N2O3. The number of aromatic nitrogens is 2. The fraction of sp³-hybridized carbons (Fsp3) is 0.333. The normalized spacial score (nSPS) is 12.3. The minimum absolute atomic E-state index is 0.280. The van der Waals surface area contributed by atoms with Gasteiger partial charge in [-0.25, -0.2) is 0 Å². The van der Waals surface area contributed by atoms with Crippen molar-refractivity contribution in [1.82, 2.24) is 9.97 Å². The summed E-state index contributed by atoms with van der Waals surface area (Å²) >= 11 is 0. The fourth-order valence-electron chi connectivity index (χ4n) is 2.30. The van der Waals surface area contributed by atoms with Gasteiger partial charge in [-0.1, -0.05) is 0 Å². The Morgan fingerprint density at radius 2 is 2.20 bits per heavy atom. The molecular weight excluding hydrogens is 256 g/mol. The Bertz CT molecular complexity index is 735. The molecule has 3 heterocycles. The van der Waals surface area contributed by atoms with Crippen molar-refractivity contribution in [3.8, 4) is 22.9 Å². The van der Waals surface area contributed by atoms with Crippen LogP contribution in [0, 0.1) is 13.8 Å². The fourth-order valence-corrected chi connectivity index (χ4v) is 2.30. The topological polar surface area (TPSA) is 64.2 Å². The van der Waals surface area contributed by atoms with E-state index < -0.39 is 0 Å². The number of rotatable bonds is 2. The third-order valence-electron chi connectivity index (χ3n) is 3.44. The number of hydrogen-bond acceptors (Lipinski definition) is 4. The average molecular weight is 272 g/mol. The highest BCUT2D eigenvalue weighted by atomic mass is 16.5. The number of nitrogens with one attached hydrogen (secondary N) is 1. The van der Waals surface area contributed by atoms with Gasteiger partial charge in [0.2, 0.25) is 5.88 Å². The summed E-state index contributed by atoms with van der Waals surface area (Å²) in [6, 6.07) is 3.78. The van der Waals surface area contributed by atoms with Gasteiger partial charge in [-0.2, -0.15) is 0 Å². The molecule has 0 unspecified atom stereocenters. The summed E-state index contributed by atoms with van der Waals surface area (Å²) in [7, 11) is 0. The molecule has 0 spiro atoms. The van der Waals surface area contributed by atoms with Crippen molar-refractivity contribution in [2.45, 2.75) is 27.4 Å². The molecule has 0 aromatic carbocycles. The number of fused-ring (bicyclic) bond motifs is 3. The Morgan fingerprint density at radius 3 is 2.95 bits per heavy atom. The number of nitrogens with zero attached hydrogens (tertiary/aromatic N) is 1. The standard InChI is InChI=1S/C15H16N2O3/c1-4-19-12-6-11-13-10(5-8(2)9(3)16-13)7-20-15(11)17-14(12)18/h5-6H,4,7H2,1-3H3,(H,17,18). The van der Waals surface area contributed by atoms with E-state index in [1.54, 1.807) is 6.07 Å². The van der Waals surface area contributed by atoms with Gasteiger partial charge in [0.15, 0.2) is 5.75 Å². The summed E-state index contributed by atoms with van der Waals surface area (Å²) in [5.41, 5.74) is 4.47. The Morgan fingerprint density at radius 1 is 1.40 bits per heavy atom. The number of ether oxygens (including phenoxy) is 2. The molecule has 0 fully saturated rings. The Labute approximate surface area is 116 Å². The zero-order valence-electron chi connectivity index (χ0n) is 11.7. The summed E-state index contributed by atoms with van der Waals surface area (Å²) in [6.45, 7) is 6.70. The van der Waals surface area contributed by atoms with E-state index in [4.69, 9.17) is 9.47 Å². The molecule has 0 aliphatic carbocycles. The van der Waals surface area contributed by atoms with Crippen molar-refractivity contribution in [3.63, 3.8) is 0 Å². The van der Waals surface area contributed by atoms with Crippen molar-refractivity contribution in [2.75, 3.05) is 6.61 Å². The lowest BCUT2D eigenvalue weighted by Crippen LogP contribution is -2.17. The molecule has 0 amide bonds. The lowest BCUT2D eigenvalue weighted by Gasteiger charge is -2.21. The molecule has 0 saturated heterocycles. The van der Waals surface area contributed by atoms with Crippen molar-refractivity contribution in [3.05, 3.63) is 39.3 Å². The summed E-state index contributed by atoms with van der Waals surface area (Å²) in [6.07, 6.45) is 0. The molecule has 5 heteroatoms. The summed E-state index contributed by atoms with van der Waals surface area (Å²) in [4.78, 5) is 19.2. The van der Waals surface area contributed by atoms with E-state index >= 15 is 0 Å². The van der Waals surface area contributed by atoms with Crippen LogP contribution in [0.15, 0.2) is 16.9 Å². The summed E-state index contributed by atoms with van der Waals surface area (Å²) in [5.74, 6) is 0.754. The predicted octanol–water partition coefficient (Wildman–Crippen LogP) is 2.34. The Kier molecular flexibility index (Phi) is 2.97. The number of aromatic amines is 1. The molecule has 2 aromatic heterocycles. The van der Waals surface area contributed by atoms with Gasteiger partial charge in [-0.05, 0) is 32.4 Å². The average Bonchev–Trinajstić information content (AvgIpc) is 2.42. The minimum atomic E-state index is -0.280. The highest BCUT2D eigenvalue weighted by molar-refractivity contribution is 5.71. The van der Waals surface area contributed by atoms with E-state index in [0.29, 0.717) is 24.8 Å². The molecule has 20 heavy (non-hydrogen) atoms. The van der Waals surface area contributed by atoms with Gasteiger partial charge < -0.3 is 9.47 Å². The van der Waals surface area contributed by atoms with E-state index in [9.17, 15) is 4.79 Å². The molecule has 0 radical (unpaired) electrons. The maximum Gasteiger partial charge on any atom is 0.293 e. The number of H-pyrrole nitrogens is 1. The van der Waals surface area contributed by atoms with E-state index in [1.165, 1.54) is 0 Å². The second-order valence-corrected chi connectivity index (χ2v) is 4.83. The first-order valence-corrected chi connectivity index (χ1v) is 6.60. The third-order valence-corrected chi connectivity index (χ3v) is 3.44. The van der Waals surface area contributed by atoms with Crippen molar-refractivity contribution >= 4 is 0 Å². The van der Waals surface area contributed by atoms with E-state index in [2.05, 4.69) is 16.0 Å². The SMILES string of the molecule is CCOc1cc2c([nH]c1=O)OCc1cc(C)c(C)nc1-2. The second kappa shape index (κ2) is 4.67.